The third-order valence-corrected chi connectivity index (χ3v) is 4.18. The van der Waals surface area contributed by atoms with Gasteiger partial charge in [-0.05, 0) is 17.7 Å². The molecule has 4 aromatic rings. The predicted molar refractivity (Wildman–Crippen MR) is 91.2 cm³/mol. The molecular weight excluding hydrogens is 302 g/mol. The average molecular weight is 315 g/mol. The number of hydrogen-bond acceptors (Lipinski definition) is 3. The van der Waals surface area contributed by atoms with Crippen LogP contribution in [0.2, 0.25) is 0 Å². The van der Waals surface area contributed by atoms with Crippen molar-refractivity contribution in [2.24, 2.45) is 0 Å². The van der Waals surface area contributed by atoms with Gasteiger partial charge < -0.3 is 10.1 Å². The molecule has 0 unspecified atom stereocenters. The minimum Gasteiger partial charge on any atom is -0.506 e. The van der Waals surface area contributed by atoms with Gasteiger partial charge >= 0.3 is 0 Å². The van der Waals surface area contributed by atoms with Gasteiger partial charge in [0, 0.05) is 6.42 Å². The monoisotopic (exact) mass is 315 g/mol. The molecule has 0 amide bonds. The number of aromatic nitrogens is 2. The zero-order chi connectivity index (χ0) is 16.7. The number of fused-ring (bicyclic) bond motifs is 3. The maximum atomic E-state index is 13.0. The number of nitrogens with zero attached hydrogens (tertiary/aromatic N) is 2. The van der Waals surface area contributed by atoms with E-state index in [2.05, 4.69) is 4.98 Å². The molecular formula is C19H13N3O2. The van der Waals surface area contributed by atoms with Crippen molar-refractivity contribution >= 4 is 16.7 Å². The van der Waals surface area contributed by atoms with E-state index in [9.17, 15) is 15.2 Å². The Labute approximate surface area is 137 Å². The van der Waals surface area contributed by atoms with E-state index >= 15 is 0 Å². The lowest BCUT2D eigenvalue weighted by molar-refractivity contribution is 0.466. The van der Waals surface area contributed by atoms with Crippen molar-refractivity contribution in [3.63, 3.8) is 0 Å². The second kappa shape index (κ2) is 5.28. The number of nitrogens with one attached hydrogen (secondary N) is 1. The zero-order valence-electron chi connectivity index (χ0n) is 12.7. The van der Waals surface area contributed by atoms with Gasteiger partial charge in [0.2, 0.25) is 0 Å². The quantitative estimate of drug-likeness (QED) is 0.597. The highest BCUT2D eigenvalue weighted by molar-refractivity contribution is 5.83. The van der Waals surface area contributed by atoms with Crippen LogP contribution in [-0.4, -0.2) is 14.5 Å². The highest BCUT2D eigenvalue weighted by Crippen LogP contribution is 2.27. The Morgan fingerprint density at radius 3 is 2.54 bits per heavy atom. The molecule has 2 heterocycles. The van der Waals surface area contributed by atoms with Crippen LogP contribution in [0.3, 0.4) is 0 Å². The third kappa shape index (κ3) is 1.97. The molecule has 4 rings (SSSR count). The molecule has 0 radical (unpaired) electrons. The van der Waals surface area contributed by atoms with Gasteiger partial charge in [-0.2, -0.15) is 5.26 Å². The summed E-state index contributed by atoms with van der Waals surface area (Å²) in [5.41, 5.74) is 2.62. The molecule has 0 spiro atoms. The van der Waals surface area contributed by atoms with Crippen LogP contribution in [0.15, 0.2) is 59.4 Å². The maximum absolute atomic E-state index is 13.0. The number of aromatic hydroxyl groups is 1. The Morgan fingerprint density at radius 1 is 1.08 bits per heavy atom. The maximum Gasteiger partial charge on any atom is 0.264 e. The van der Waals surface area contributed by atoms with Crippen LogP contribution in [0.5, 0.6) is 5.75 Å². The van der Waals surface area contributed by atoms with Crippen LogP contribution in [0, 0.1) is 11.3 Å². The second-order valence-corrected chi connectivity index (χ2v) is 5.61. The van der Waals surface area contributed by atoms with E-state index in [0.717, 1.165) is 11.1 Å². The van der Waals surface area contributed by atoms with Crippen LogP contribution < -0.4 is 5.56 Å². The van der Waals surface area contributed by atoms with Crippen molar-refractivity contribution in [1.29, 1.82) is 5.26 Å². The molecule has 0 aliphatic carbocycles. The summed E-state index contributed by atoms with van der Waals surface area (Å²) in [6.45, 7) is 0. The SMILES string of the molecule is N#Cc1c(O)c(Cc2ccccc2)c(=O)n2c1[nH]c1ccccc12. The van der Waals surface area contributed by atoms with Crippen LogP contribution in [0.1, 0.15) is 16.7 Å². The van der Waals surface area contributed by atoms with Crippen molar-refractivity contribution in [3.8, 4) is 11.8 Å². The fraction of sp³-hybridized carbons (Fsp3) is 0.0526. The fourth-order valence-electron chi connectivity index (χ4n) is 3.03. The van der Waals surface area contributed by atoms with Gasteiger partial charge in [0.25, 0.3) is 5.56 Å². The topological polar surface area (TPSA) is 81.3 Å². The first-order valence-corrected chi connectivity index (χ1v) is 7.52. The Balaban J connectivity index is 2.09. The minimum atomic E-state index is -0.317. The Morgan fingerprint density at radius 2 is 1.79 bits per heavy atom. The summed E-state index contributed by atoms with van der Waals surface area (Å²) in [6.07, 6.45) is 0.267. The Bertz CT molecular complexity index is 1160. The molecule has 0 fully saturated rings. The summed E-state index contributed by atoms with van der Waals surface area (Å²) in [6, 6.07) is 18.7. The summed E-state index contributed by atoms with van der Waals surface area (Å²) in [5, 5.41) is 20.0. The Hall–Kier alpha value is -3.52. The molecule has 5 nitrogen and oxygen atoms in total. The van der Waals surface area contributed by atoms with E-state index in [4.69, 9.17) is 0 Å². The molecule has 0 aliphatic heterocycles. The largest absolute Gasteiger partial charge is 0.506 e. The lowest BCUT2D eigenvalue weighted by atomic mass is 10.0. The zero-order valence-corrected chi connectivity index (χ0v) is 12.7. The molecule has 0 saturated carbocycles. The lowest BCUT2D eigenvalue weighted by Crippen LogP contribution is -2.19. The van der Waals surface area contributed by atoms with E-state index in [-0.39, 0.29) is 28.9 Å². The highest BCUT2D eigenvalue weighted by Gasteiger charge is 2.20. The van der Waals surface area contributed by atoms with E-state index in [1.165, 1.54) is 4.40 Å². The first-order chi connectivity index (χ1) is 11.7. The molecule has 2 aromatic heterocycles. The second-order valence-electron chi connectivity index (χ2n) is 5.61. The van der Waals surface area contributed by atoms with Crippen molar-refractivity contribution in [1.82, 2.24) is 9.38 Å². The summed E-state index contributed by atoms with van der Waals surface area (Å²) >= 11 is 0. The lowest BCUT2D eigenvalue weighted by Gasteiger charge is -2.08. The third-order valence-electron chi connectivity index (χ3n) is 4.18. The molecule has 5 heteroatoms. The summed E-state index contributed by atoms with van der Waals surface area (Å²) in [4.78, 5) is 16.0. The van der Waals surface area contributed by atoms with Gasteiger partial charge in [-0.1, -0.05) is 42.5 Å². The minimum absolute atomic E-state index is 0.0803. The number of nitriles is 1. The summed E-state index contributed by atoms with van der Waals surface area (Å²) in [5.74, 6) is -0.252. The molecule has 0 bridgehead atoms. The molecule has 116 valence electrons. The summed E-state index contributed by atoms with van der Waals surface area (Å²) < 4.78 is 1.46. The number of imidazole rings is 1. The van der Waals surface area contributed by atoms with Crippen molar-refractivity contribution < 1.29 is 5.11 Å². The molecule has 0 aliphatic rings. The van der Waals surface area contributed by atoms with E-state index < -0.39 is 0 Å². The summed E-state index contributed by atoms with van der Waals surface area (Å²) in [7, 11) is 0. The fourth-order valence-corrected chi connectivity index (χ4v) is 3.03. The normalized spacial score (nSPS) is 11.0. The Kier molecular flexibility index (Phi) is 3.10. The average Bonchev–Trinajstić information content (AvgIpc) is 2.99. The molecule has 0 saturated heterocycles. The van der Waals surface area contributed by atoms with Gasteiger partial charge in [-0.15, -0.1) is 0 Å². The van der Waals surface area contributed by atoms with Gasteiger partial charge in [-0.3, -0.25) is 9.20 Å². The molecule has 2 aromatic carbocycles. The van der Waals surface area contributed by atoms with Gasteiger partial charge in [0.05, 0.1) is 16.6 Å². The van der Waals surface area contributed by atoms with E-state index in [0.29, 0.717) is 11.2 Å². The number of H-pyrrole nitrogens is 1. The smallest absolute Gasteiger partial charge is 0.264 e. The van der Waals surface area contributed by atoms with Crippen LogP contribution in [-0.2, 0) is 6.42 Å². The van der Waals surface area contributed by atoms with Gasteiger partial charge in [0.15, 0.2) is 0 Å². The first kappa shape index (κ1) is 14.1. The first-order valence-electron chi connectivity index (χ1n) is 7.52. The number of rotatable bonds is 2. The standard InChI is InChI=1S/C19H13N3O2/c20-11-14-17(23)13(10-12-6-2-1-3-7-12)19(24)22-16-9-5-4-8-15(16)21-18(14)22/h1-9,21,23H,10H2. The molecule has 24 heavy (non-hydrogen) atoms. The number of para-hydroxylation sites is 2. The number of pyridine rings is 1. The van der Waals surface area contributed by atoms with Crippen LogP contribution in [0.25, 0.3) is 16.7 Å². The number of aromatic amines is 1. The van der Waals surface area contributed by atoms with Crippen molar-refractivity contribution in [3.05, 3.63) is 81.6 Å². The van der Waals surface area contributed by atoms with Crippen LogP contribution in [0.4, 0.5) is 0 Å². The van der Waals surface area contributed by atoms with Crippen LogP contribution >= 0.6 is 0 Å². The van der Waals surface area contributed by atoms with Gasteiger partial charge in [0.1, 0.15) is 23.0 Å². The van der Waals surface area contributed by atoms with Gasteiger partial charge in [-0.25, -0.2) is 0 Å². The number of benzene rings is 2. The van der Waals surface area contributed by atoms with E-state index in [1.807, 2.05) is 60.7 Å². The van der Waals surface area contributed by atoms with E-state index in [1.54, 1.807) is 0 Å². The number of hydrogen-bond donors (Lipinski definition) is 2. The van der Waals surface area contributed by atoms with Crippen molar-refractivity contribution in [2.45, 2.75) is 6.42 Å². The molecule has 0 atom stereocenters. The molecule has 2 N–H and O–H groups in total. The van der Waals surface area contributed by atoms with Crippen molar-refractivity contribution in [2.75, 3.05) is 0 Å². The predicted octanol–water partition coefficient (Wildman–Crippen LogP) is 2.95. The highest BCUT2D eigenvalue weighted by atomic mass is 16.3.